The maximum absolute atomic E-state index is 12.9. The second-order valence-corrected chi connectivity index (χ2v) is 6.86. The van der Waals surface area contributed by atoms with E-state index in [2.05, 4.69) is 0 Å². The molecule has 0 saturated heterocycles. The minimum atomic E-state index is -4.60. The Balaban J connectivity index is 2.49. The van der Waals surface area contributed by atoms with E-state index in [1.807, 2.05) is 0 Å². The van der Waals surface area contributed by atoms with E-state index in [-0.39, 0.29) is 29.7 Å². The maximum atomic E-state index is 12.9. The van der Waals surface area contributed by atoms with Crippen LogP contribution in [0.4, 0.5) is 13.2 Å². The molecule has 0 bridgehead atoms. The first-order valence-corrected chi connectivity index (χ1v) is 7.93. The normalized spacial score (nSPS) is 16.5. The van der Waals surface area contributed by atoms with Crippen LogP contribution in [0.3, 0.4) is 0 Å². The summed E-state index contributed by atoms with van der Waals surface area (Å²) in [6, 6.07) is 2.90. The van der Waals surface area contributed by atoms with Gasteiger partial charge >= 0.3 is 6.18 Å². The van der Waals surface area contributed by atoms with Crippen LogP contribution in [-0.2, 0) is 16.2 Å². The lowest BCUT2D eigenvalue weighted by atomic mass is 10.1. The minimum Gasteiger partial charge on any atom is -0.395 e. The lowest BCUT2D eigenvalue weighted by molar-refractivity contribution is -0.138. The smallest absolute Gasteiger partial charge is 0.395 e. The molecule has 0 aromatic heterocycles. The van der Waals surface area contributed by atoms with Gasteiger partial charge in [0.25, 0.3) is 0 Å². The first-order valence-electron chi connectivity index (χ1n) is 6.49. The molecule has 0 atom stereocenters. The van der Waals surface area contributed by atoms with Crippen molar-refractivity contribution in [2.24, 2.45) is 0 Å². The number of nitrogens with zero attached hydrogens (tertiary/aromatic N) is 1. The molecule has 1 saturated carbocycles. The standard InChI is InChI=1S/C13H16F3NO3S/c1-9-11(13(14,15)16)3-2-4-12(9)21(19,20)17(7-8-18)10-5-6-10/h2-4,10,18H,5-8H2,1H3. The molecule has 0 amide bonds. The fraction of sp³-hybridized carbons (Fsp3) is 0.538. The summed E-state index contributed by atoms with van der Waals surface area (Å²) in [5.41, 5.74) is -1.27. The Morgan fingerprint density at radius 2 is 1.95 bits per heavy atom. The van der Waals surface area contributed by atoms with Crippen LogP contribution < -0.4 is 0 Å². The van der Waals surface area contributed by atoms with Gasteiger partial charge in [-0.2, -0.15) is 17.5 Å². The monoisotopic (exact) mass is 323 g/mol. The Morgan fingerprint density at radius 3 is 2.43 bits per heavy atom. The maximum Gasteiger partial charge on any atom is 0.416 e. The van der Waals surface area contributed by atoms with E-state index >= 15 is 0 Å². The zero-order chi connectivity index (χ0) is 15.8. The number of aliphatic hydroxyl groups is 1. The molecule has 0 heterocycles. The predicted molar refractivity (Wildman–Crippen MR) is 70.2 cm³/mol. The Morgan fingerprint density at radius 1 is 1.33 bits per heavy atom. The summed E-state index contributed by atoms with van der Waals surface area (Å²) in [7, 11) is -4.04. The van der Waals surface area contributed by atoms with E-state index in [1.165, 1.54) is 6.07 Å². The molecule has 1 aromatic rings. The number of benzene rings is 1. The number of aliphatic hydroxyl groups excluding tert-OH is 1. The quantitative estimate of drug-likeness (QED) is 0.903. The Hall–Kier alpha value is -1.12. The molecule has 1 aliphatic carbocycles. The van der Waals surface area contributed by atoms with Crippen molar-refractivity contribution in [2.45, 2.75) is 36.9 Å². The van der Waals surface area contributed by atoms with Crippen LogP contribution >= 0.6 is 0 Å². The lowest BCUT2D eigenvalue weighted by Gasteiger charge is -2.23. The molecule has 0 radical (unpaired) electrons. The van der Waals surface area contributed by atoms with Gasteiger partial charge in [0.2, 0.25) is 10.0 Å². The highest BCUT2D eigenvalue weighted by molar-refractivity contribution is 7.89. The van der Waals surface area contributed by atoms with E-state index in [1.54, 1.807) is 0 Å². The number of sulfonamides is 1. The molecule has 2 rings (SSSR count). The van der Waals surface area contributed by atoms with Gasteiger partial charge in [0.1, 0.15) is 0 Å². The van der Waals surface area contributed by atoms with E-state index in [0.29, 0.717) is 12.8 Å². The van der Waals surface area contributed by atoms with Gasteiger partial charge < -0.3 is 5.11 Å². The first-order chi connectivity index (χ1) is 9.69. The van der Waals surface area contributed by atoms with Gasteiger partial charge in [0.15, 0.2) is 0 Å². The van der Waals surface area contributed by atoms with Crippen LogP contribution in [0.2, 0.25) is 0 Å². The van der Waals surface area contributed by atoms with Gasteiger partial charge in [-0.1, -0.05) is 6.07 Å². The number of hydrogen-bond acceptors (Lipinski definition) is 3. The van der Waals surface area contributed by atoms with Crippen molar-refractivity contribution in [1.82, 2.24) is 4.31 Å². The van der Waals surface area contributed by atoms with Crippen LogP contribution in [0.15, 0.2) is 23.1 Å². The van der Waals surface area contributed by atoms with E-state index in [0.717, 1.165) is 23.4 Å². The molecule has 0 aliphatic heterocycles. The molecule has 0 unspecified atom stereocenters. The van der Waals surface area contributed by atoms with E-state index in [4.69, 9.17) is 5.11 Å². The van der Waals surface area contributed by atoms with Gasteiger partial charge in [-0.3, -0.25) is 0 Å². The lowest BCUT2D eigenvalue weighted by Crippen LogP contribution is -2.36. The highest BCUT2D eigenvalue weighted by atomic mass is 32.2. The molecule has 1 fully saturated rings. The molecule has 0 spiro atoms. The zero-order valence-corrected chi connectivity index (χ0v) is 12.2. The molecule has 8 heteroatoms. The SMILES string of the molecule is Cc1c(C(F)(F)F)cccc1S(=O)(=O)N(CCO)C1CC1. The summed E-state index contributed by atoms with van der Waals surface area (Å²) in [6.45, 7) is 0.677. The van der Waals surface area contributed by atoms with Gasteiger partial charge in [-0.05, 0) is 37.5 Å². The largest absolute Gasteiger partial charge is 0.416 e. The highest BCUT2D eigenvalue weighted by Gasteiger charge is 2.40. The Labute approximate surface area is 121 Å². The van der Waals surface area contributed by atoms with E-state index < -0.39 is 21.8 Å². The van der Waals surface area contributed by atoms with E-state index in [9.17, 15) is 21.6 Å². The average Bonchev–Trinajstić information content (AvgIpc) is 3.18. The average molecular weight is 323 g/mol. The van der Waals surface area contributed by atoms with Crippen molar-refractivity contribution in [3.63, 3.8) is 0 Å². The summed E-state index contributed by atoms with van der Waals surface area (Å²) in [5.74, 6) is 0. The predicted octanol–water partition coefficient (Wildman–Crippen LogP) is 2.16. The molecule has 118 valence electrons. The number of rotatable bonds is 5. The van der Waals surface area contributed by atoms with Crippen LogP contribution in [0, 0.1) is 6.92 Å². The number of hydrogen-bond donors (Lipinski definition) is 1. The third-order valence-electron chi connectivity index (χ3n) is 3.45. The molecular formula is C13H16F3NO3S. The van der Waals surface area contributed by atoms with Gasteiger partial charge in [-0.25, -0.2) is 8.42 Å². The van der Waals surface area contributed by atoms with Crippen LogP contribution in [-0.4, -0.2) is 37.0 Å². The molecule has 1 N–H and O–H groups in total. The summed E-state index contributed by atoms with van der Waals surface area (Å²) in [4.78, 5) is -0.349. The molecule has 1 aliphatic rings. The third-order valence-corrected chi connectivity index (χ3v) is 5.55. The summed E-state index contributed by atoms with van der Waals surface area (Å²) in [6.07, 6.45) is -3.27. The highest BCUT2D eigenvalue weighted by Crippen LogP contribution is 2.37. The zero-order valence-electron chi connectivity index (χ0n) is 11.4. The fourth-order valence-corrected chi connectivity index (χ4v) is 4.21. The summed E-state index contributed by atoms with van der Waals surface area (Å²) in [5, 5.41) is 8.99. The molecule has 1 aromatic carbocycles. The first kappa shape index (κ1) is 16.3. The van der Waals surface area contributed by atoms with Gasteiger partial charge in [0.05, 0.1) is 17.1 Å². The van der Waals surface area contributed by atoms with Crippen molar-refractivity contribution >= 4 is 10.0 Å². The van der Waals surface area contributed by atoms with Gasteiger partial charge in [-0.15, -0.1) is 0 Å². The molecule has 4 nitrogen and oxygen atoms in total. The second kappa shape index (κ2) is 5.58. The van der Waals surface area contributed by atoms with Crippen molar-refractivity contribution in [1.29, 1.82) is 0 Å². The van der Waals surface area contributed by atoms with Crippen molar-refractivity contribution < 1.29 is 26.7 Å². The van der Waals surface area contributed by atoms with Crippen LogP contribution in [0.25, 0.3) is 0 Å². The minimum absolute atomic E-state index is 0.108. The van der Waals surface area contributed by atoms with Crippen molar-refractivity contribution in [3.05, 3.63) is 29.3 Å². The molecular weight excluding hydrogens is 307 g/mol. The van der Waals surface area contributed by atoms with Crippen LogP contribution in [0.1, 0.15) is 24.0 Å². The second-order valence-electron chi connectivity index (χ2n) is 5.00. The fourth-order valence-electron chi connectivity index (χ4n) is 2.29. The number of halogens is 3. The topological polar surface area (TPSA) is 57.6 Å². The summed E-state index contributed by atoms with van der Waals surface area (Å²) < 4.78 is 64.9. The van der Waals surface area contributed by atoms with Gasteiger partial charge in [0, 0.05) is 12.6 Å². The summed E-state index contributed by atoms with van der Waals surface area (Å²) >= 11 is 0. The number of alkyl halides is 3. The Bertz CT molecular complexity index is 624. The van der Waals surface area contributed by atoms with Crippen LogP contribution in [0.5, 0.6) is 0 Å². The van der Waals surface area contributed by atoms with Crippen molar-refractivity contribution in [3.8, 4) is 0 Å². The Kier molecular flexibility index (Phi) is 4.32. The third kappa shape index (κ3) is 3.22. The molecule has 21 heavy (non-hydrogen) atoms. The van der Waals surface area contributed by atoms with Crippen molar-refractivity contribution in [2.75, 3.05) is 13.2 Å².